The number of hydrogen-bond donors (Lipinski definition) is 1. The number of alkyl halides is 3. The molecule has 3 aromatic rings. The minimum absolute atomic E-state index is 0.154. The maximum absolute atomic E-state index is 13.0. The Bertz CT molecular complexity index is 1170. The number of halogens is 3. The lowest BCUT2D eigenvalue weighted by atomic mass is 9.96. The van der Waals surface area contributed by atoms with Crippen LogP contribution in [0.5, 0.6) is 5.75 Å². The van der Waals surface area contributed by atoms with Gasteiger partial charge in [0.05, 0.1) is 12.2 Å². The number of anilines is 2. The summed E-state index contributed by atoms with van der Waals surface area (Å²) in [6, 6.07) is 18.6. The van der Waals surface area contributed by atoms with Crippen LogP contribution in [-0.2, 0) is 4.74 Å². The number of benzene rings is 3. The molecule has 4 rings (SSSR count). The molecule has 0 saturated carbocycles. The molecule has 0 radical (unpaired) electrons. The van der Waals surface area contributed by atoms with Crippen molar-refractivity contribution in [2.24, 2.45) is 0 Å². The molecule has 0 aliphatic carbocycles. The average Bonchev–Trinajstić information content (AvgIpc) is 2.79. The molecule has 0 aromatic heterocycles. The Kier molecular flexibility index (Phi) is 7.03. The third kappa shape index (κ3) is 6.14. The van der Waals surface area contributed by atoms with Crippen molar-refractivity contribution in [2.75, 3.05) is 23.3 Å². The Morgan fingerprint density at radius 2 is 1.60 bits per heavy atom. The van der Waals surface area contributed by atoms with Gasteiger partial charge in [-0.15, -0.1) is 13.2 Å². The van der Waals surface area contributed by atoms with Gasteiger partial charge in [0.1, 0.15) is 5.75 Å². The number of nitrogens with zero attached hydrogens (tertiary/aromatic N) is 1. The zero-order chi connectivity index (χ0) is 25.2. The summed E-state index contributed by atoms with van der Waals surface area (Å²) in [6.07, 6.45) is -4.43. The van der Waals surface area contributed by atoms with Crippen LogP contribution in [0.3, 0.4) is 0 Å². The molecule has 8 heteroatoms. The molecular weight excluding hydrogens is 457 g/mol. The third-order valence-corrected chi connectivity index (χ3v) is 5.89. The van der Waals surface area contributed by atoms with Gasteiger partial charge in [-0.05, 0) is 79.9 Å². The molecule has 184 valence electrons. The van der Waals surface area contributed by atoms with Crippen molar-refractivity contribution in [1.29, 1.82) is 0 Å². The SMILES string of the molecule is Cc1c(C(=O)Nc2ccc(N3CC(C)OC(C)C3)cc2)cccc1-c1ccc(OC(F)(F)F)cc1. The van der Waals surface area contributed by atoms with Crippen LogP contribution >= 0.6 is 0 Å². The van der Waals surface area contributed by atoms with Gasteiger partial charge in [0.15, 0.2) is 0 Å². The van der Waals surface area contributed by atoms with Gasteiger partial charge in [0.2, 0.25) is 0 Å². The maximum atomic E-state index is 13.0. The molecule has 5 nitrogen and oxygen atoms in total. The van der Waals surface area contributed by atoms with Crippen molar-refractivity contribution in [3.05, 3.63) is 77.9 Å². The largest absolute Gasteiger partial charge is 0.573 e. The second-order valence-electron chi connectivity index (χ2n) is 8.71. The van der Waals surface area contributed by atoms with Crippen LogP contribution < -0.4 is 15.0 Å². The Labute approximate surface area is 202 Å². The van der Waals surface area contributed by atoms with E-state index in [2.05, 4.69) is 28.8 Å². The van der Waals surface area contributed by atoms with Gasteiger partial charge >= 0.3 is 6.36 Å². The summed E-state index contributed by atoms with van der Waals surface area (Å²) in [6.45, 7) is 7.54. The van der Waals surface area contributed by atoms with Gasteiger partial charge in [-0.2, -0.15) is 0 Å². The molecular formula is C27H27F3N2O3. The van der Waals surface area contributed by atoms with Crippen LogP contribution in [0.4, 0.5) is 24.5 Å². The number of nitrogens with one attached hydrogen (secondary N) is 1. The summed E-state index contributed by atoms with van der Waals surface area (Å²) in [5, 5.41) is 2.93. The van der Waals surface area contributed by atoms with Gasteiger partial charge in [0.25, 0.3) is 5.91 Å². The fourth-order valence-corrected chi connectivity index (χ4v) is 4.37. The average molecular weight is 485 g/mol. The van der Waals surface area contributed by atoms with E-state index in [1.807, 2.05) is 37.3 Å². The first-order valence-electron chi connectivity index (χ1n) is 11.4. The first-order chi connectivity index (χ1) is 16.6. The summed E-state index contributed by atoms with van der Waals surface area (Å²) in [5.74, 6) is -0.556. The Hall–Kier alpha value is -3.52. The summed E-state index contributed by atoms with van der Waals surface area (Å²) in [4.78, 5) is 15.3. The van der Waals surface area contributed by atoms with Gasteiger partial charge in [-0.1, -0.05) is 24.3 Å². The first kappa shape index (κ1) is 24.6. The van der Waals surface area contributed by atoms with Gasteiger partial charge < -0.3 is 19.7 Å². The molecule has 3 aromatic carbocycles. The van der Waals surface area contributed by atoms with Crippen LogP contribution in [-0.4, -0.2) is 37.6 Å². The van der Waals surface area contributed by atoms with Gasteiger partial charge in [-0.3, -0.25) is 4.79 Å². The lowest BCUT2D eigenvalue weighted by molar-refractivity contribution is -0.274. The predicted octanol–water partition coefficient (Wildman–Crippen LogP) is 6.43. The van der Waals surface area contributed by atoms with E-state index in [0.29, 0.717) is 16.8 Å². The molecule has 1 amide bonds. The lowest BCUT2D eigenvalue weighted by Gasteiger charge is -2.36. The fraction of sp³-hybridized carbons (Fsp3) is 0.296. The monoisotopic (exact) mass is 484 g/mol. The summed E-state index contributed by atoms with van der Waals surface area (Å²) >= 11 is 0. The zero-order valence-electron chi connectivity index (χ0n) is 19.7. The van der Waals surface area contributed by atoms with Crippen LogP contribution in [0, 0.1) is 6.92 Å². The van der Waals surface area contributed by atoms with E-state index >= 15 is 0 Å². The van der Waals surface area contributed by atoms with Crippen molar-refractivity contribution in [3.63, 3.8) is 0 Å². The molecule has 0 bridgehead atoms. The standard InChI is InChI=1S/C27H27F3N2O3/c1-17-15-32(16-18(2)34-17)22-11-9-21(10-12-22)31-26(33)25-6-4-5-24(19(25)3)20-7-13-23(14-8-20)35-27(28,29)30/h4-14,17-18H,15-16H2,1-3H3,(H,31,33). The molecule has 1 fully saturated rings. The van der Waals surface area contributed by atoms with E-state index in [4.69, 9.17) is 4.74 Å². The van der Waals surface area contributed by atoms with Crippen molar-refractivity contribution in [1.82, 2.24) is 0 Å². The van der Waals surface area contributed by atoms with Crippen LogP contribution in [0.25, 0.3) is 11.1 Å². The van der Waals surface area contributed by atoms with Gasteiger partial charge in [0, 0.05) is 30.0 Å². The van der Waals surface area contributed by atoms with Crippen molar-refractivity contribution >= 4 is 17.3 Å². The molecule has 1 aliphatic rings. The molecule has 1 aliphatic heterocycles. The highest BCUT2D eigenvalue weighted by Crippen LogP contribution is 2.30. The second-order valence-corrected chi connectivity index (χ2v) is 8.71. The first-order valence-corrected chi connectivity index (χ1v) is 11.4. The van der Waals surface area contributed by atoms with E-state index < -0.39 is 6.36 Å². The normalized spacial score (nSPS) is 18.3. The molecule has 1 saturated heterocycles. The third-order valence-electron chi connectivity index (χ3n) is 5.89. The fourth-order valence-electron chi connectivity index (χ4n) is 4.37. The number of carbonyl (C=O) groups excluding carboxylic acids is 1. The number of carbonyl (C=O) groups is 1. The van der Waals surface area contributed by atoms with Crippen LogP contribution in [0.2, 0.25) is 0 Å². The molecule has 2 unspecified atom stereocenters. The van der Waals surface area contributed by atoms with E-state index in [-0.39, 0.29) is 23.9 Å². The minimum atomic E-state index is -4.74. The van der Waals surface area contributed by atoms with Crippen molar-refractivity contribution in [2.45, 2.75) is 39.3 Å². The number of amides is 1. The number of rotatable bonds is 5. The highest BCUT2D eigenvalue weighted by Gasteiger charge is 2.31. The quantitative estimate of drug-likeness (QED) is 0.454. The molecule has 0 spiro atoms. The van der Waals surface area contributed by atoms with Crippen molar-refractivity contribution in [3.8, 4) is 16.9 Å². The maximum Gasteiger partial charge on any atom is 0.573 e. The highest BCUT2D eigenvalue weighted by molar-refractivity contribution is 6.06. The summed E-state index contributed by atoms with van der Waals surface area (Å²) < 4.78 is 47.0. The number of morpholine rings is 1. The second kappa shape index (κ2) is 10.00. The summed E-state index contributed by atoms with van der Waals surface area (Å²) in [7, 11) is 0. The van der Waals surface area contributed by atoms with Crippen LogP contribution in [0.1, 0.15) is 29.8 Å². The van der Waals surface area contributed by atoms with E-state index in [1.165, 1.54) is 24.3 Å². The molecule has 2 atom stereocenters. The predicted molar refractivity (Wildman–Crippen MR) is 130 cm³/mol. The molecule has 35 heavy (non-hydrogen) atoms. The van der Waals surface area contributed by atoms with Gasteiger partial charge in [-0.25, -0.2) is 0 Å². The smallest absolute Gasteiger partial charge is 0.406 e. The van der Waals surface area contributed by atoms with E-state index in [1.54, 1.807) is 12.1 Å². The lowest BCUT2D eigenvalue weighted by Crippen LogP contribution is -2.45. The topological polar surface area (TPSA) is 50.8 Å². The van der Waals surface area contributed by atoms with E-state index in [0.717, 1.165) is 29.9 Å². The number of ether oxygens (including phenoxy) is 2. The Morgan fingerprint density at radius 1 is 0.971 bits per heavy atom. The number of hydrogen-bond acceptors (Lipinski definition) is 4. The Morgan fingerprint density at radius 3 is 2.20 bits per heavy atom. The molecule has 1 N–H and O–H groups in total. The van der Waals surface area contributed by atoms with Crippen molar-refractivity contribution < 1.29 is 27.4 Å². The minimum Gasteiger partial charge on any atom is -0.406 e. The zero-order valence-corrected chi connectivity index (χ0v) is 19.7. The Balaban J connectivity index is 1.47. The van der Waals surface area contributed by atoms with E-state index in [9.17, 15) is 18.0 Å². The highest BCUT2D eigenvalue weighted by atomic mass is 19.4. The van der Waals surface area contributed by atoms with Crippen LogP contribution in [0.15, 0.2) is 66.7 Å². The molecule has 1 heterocycles. The summed E-state index contributed by atoms with van der Waals surface area (Å²) in [5.41, 5.74) is 4.39.